The van der Waals surface area contributed by atoms with Gasteiger partial charge in [0.25, 0.3) is 0 Å². The second kappa shape index (κ2) is 6.64. The Morgan fingerprint density at radius 1 is 1.64 bits per heavy atom. The molecule has 0 atom stereocenters. The number of hydrogen-bond acceptors (Lipinski definition) is 4. The molecule has 0 saturated carbocycles. The van der Waals surface area contributed by atoms with E-state index in [0.717, 1.165) is 0 Å². The van der Waals surface area contributed by atoms with Crippen LogP contribution in [0.4, 0.5) is 0 Å². The molecule has 4 nitrogen and oxygen atoms in total. The number of hydrogen-bond donors (Lipinski definition) is 2. The molecule has 11 heavy (non-hydrogen) atoms. The second-order valence-electron chi connectivity index (χ2n) is 1.49. The van der Waals surface area contributed by atoms with Crippen LogP contribution < -0.4 is 34.9 Å². The molecular weight excluding hydrogens is 217 g/mol. The summed E-state index contributed by atoms with van der Waals surface area (Å²) in [5.74, 6) is -0.465. The van der Waals surface area contributed by atoms with Crippen LogP contribution in [0.1, 0.15) is 0 Å². The molecule has 0 saturated heterocycles. The standard InChI is InChI=1S/C3H7NO3S3.Na/c5-10(6,7)2-1-4-3(8)9;/h1-2H2,(H2,4,8,9)(H,5,6,7);/q;+1/p-1. The van der Waals surface area contributed by atoms with E-state index < -0.39 is 15.9 Å². The quantitative estimate of drug-likeness (QED) is 0.223. The van der Waals surface area contributed by atoms with Gasteiger partial charge in [-0.25, -0.2) is 8.42 Å². The van der Waals surface area contributed by atoms with Gasteiger partial charge in [-0.05, 0) is 0 Å². The molecule has 0 aromatic carbocycles. The Bertz CT molecular complexity index is 214. The van der Waals surface area contributed by atoms with E-state index in [1.165, 1.54) is 0 Å². The van der Waals surface area contributed by atoms with Crippen molar-refractivity contribution >= 4 is 39.3 Å². The van der Waals surface area contributed by atoms with Crippen LogP contribution in [0, 0.1) is 0 Å². The van der Waals surface area contributed by atoms with Crippen LogP contribution in [-0.4, -0.2) is 29.6 Å². The van der Waals surface area contributed by atoms with E-state index in [1.54, 1.807) is 0 Å². The smallest absolute Gasteiger partial charge is 0.748 e. The van der Waals surface area contributed by atoms with Crippen LogP contribution >= 0.6 is 24.8 Å². The predicted molar refractivity (Wildman–Crippen MR) is 44.2 cm³/mol. The van der Waals surface area contributed by atoms with Gasteiger partial charge in [0.2, 0.25) is 0 Å². The van der Waals surface area contributed by atoms with E-state index in [-0.39, 0.29) is 40.4 Å². The number of nitrogens with one attached hydrogen (secondary N) is 1. The molecule has 0 spiro atoms. The molecule has 0 rings (SSSR count). The predicted octanol–water partition coefficient (Wildman–Crippen LogP) is -3.66. The van der Waals surface area contributed by atoms with Gasteiger partial charge in [-0.3, -0.25) is 0 Å². The van der Waals surface area contributed by atoms with Crippen molar-refractivity contribution < 1.29 is 42.5 Å². The molecule has 0 aliphatic rings. The van der Waals surface area contributed by atoms with Gasteiger partial charge in [0.1, 0.15) is 4.32 Å². The van der Waals surface area contributed by atoms with E-state index >= 15 is 0 Å². The summed E-state index contributed by atoms with van der Waals surface area (Å²) in [7, 11) is -4.13. The van der Waals surface area contributed by atoms with Crippen molar-refractivity contribution in [1.29, 1.82) is 0 Å². The summed E-state index contributed by atoms with van der Waals surface area (Å²) in [6.07, 6.45) is 0. The summed E-state index contributed by atoms with van der Waals surface area (Å²) < 4.78 is 30.0. The maximum Gasteiger partial charge on any atom is 1.00 e. The average molecular weight is 223 g/mol. The van der Waals surface area contributed by atoms with Crippen molar-refractivity contribution in [2.75, 3.05) is 12.3 Å². The fourth-order valence-electron chi connectivity index (χ4n) is 0.283. The molecule has 60 valence electrons. The first-order chi connectivity index (χ1) is 4.42. The van der Waals surface area contributed by atoms with Gasteiger partial charge in [-0.1, -0.05) is 12.2 Å². The Hall–Kier alpha value is 1.15. The third-order valence-electron chi connectivity index (χ3n) is 0.628. The summed E-state index contributed by atoms with van der Waals surface area (Å²) in [5, 5.41) is 2.42. The number of thiol groups is 1. The van der Waals surface area contributed by atoms with Gasteiger partial charge < -0.3 is 9.87 Å². The summed E-state index contributed by atoms with van der Waals surface area (Å²) in [6.45, 7) is 0.0220. The van der Waals surface area contributed by atoms with Gasteiger partial charge in [-0.15, -0.1) is 12.6 Å². The maximum atomic E-state index is 9.95. The van der Waals surface area contributed by atoms with Crippen LogP contribution in [0.3, 0.4) is 0 Å². The van der Waals surface area contributed by atoms with Gasteiger partial charge >= 0.3 is 29.6 Å². The van der Waals surface area contributed by atoms with Crippen LogP contribution in [0.2, 0.25) is 0 Å². The van der Waals surface area contributed by atoms with Crippen LogP contribution in [0.15, 0.2) is 0 Å². The first kappa shape index (κ1) is 14.7. The molecule has 1 N–H and O–H groups in total. The van der Waals surface area contributed by atoms with Crippen molar-refractivity contribution in [2.24, 2.45) is 0 Å². The second-order valence-corrected chi connectivity index (χ2v) is 4.18. The van der Waals surface area contributed by atoms with Crippen LogP contribution in [0.25, 0.3) is 0 Å². The van der Waals surface area contributed by atoms with Crippen LogP contribution in [0.5, 0.6) is 0 Å². The summed E-state index contributed by atoms with van der Waals surface area (Å²) in [6, 6.07) is 0. The van der Waals surface area contributed by atoms with Crippen molar-refractivity contribution in [2.45, 2.75) is 0 Å². The van der Waals surface area contributed by atoms with Crippen molar-refractivity contribution in [3.05, 3.63) is 0 Å². The molecule has 0 heterocycles. The minimum atomic E-state index is -4.13. The summed E-state index contributed by atoms with van der Waals surface area (Å²) >= 11 is 8.09. The van der Waals surface area contributed by atoms with E-state index in [0.29, 0.717) is 0 Å². The van der Waals surface area contributed by atoms with E-state index in [1.807, 2.05) is 0 Å². The fourth-order valence-corrected chi connectivity index (χ4v) is 0.849. The third-order valence-corrected chi connectivity index (χ3v) is 1.63. The monoisotopic (exact) mass is 223 g/mol. The Kier molecular flexibility index (Phi) is 8.85. The number of thiocarbonyl (C=S) groups is 1. The third kappa shape index (κ3) is 14.1. The SMILES string of the molecule is O=S(=O)([O-])CCNC(=S)S.[Na+]. The minimum Gasteiger partial charge on any atom is -0.748 e. The van der Waals surface area contributed by atoms with Gasteiger partial charge in [0.15, 0.2) is 0 Å². The normalized spacial score (nSPS) is 10.0. The molecule has 0 aromatic rings. The summed E-state index contributed by atoms with van der Waals surface area (Å²) in [5.41, 5.74) is 0. The van der Waals surface area contributed by atoms with Crippen molar-refractivity contribution in [1.82, 2.24) is 5.32 Å². The zero-order valence-electron chi connectivity index (χ0n) is 5.90. The van der Waals surface area contributed by atoms with Crippen LogP contribution in [-0.2, 0) is 10.1 Å². The largest absolute Gasteiger partial charge is 1.00 e. The Labute approximate surface area is 98.6 Å². The van der Waals surface area contributed by atoms with Gasteiger partial charge in [-0.2, -0.15) is 0 Å². The number of rotatable bonds is 3. The van der Waals surface area contributed by atoms with E-state index in [4.69, 9.17) is 0 Å². The zero-order chi connectivity index (χ0) is 8.20. The topological polar surface area (TPSA) is 69.2 Å². The molecular formula is C3H6NNaO3S3. The molecule has 0 amide bonds. The molecule has 0 bridgehead atoms. The van der Waals surface area contributed by atoms with Crippen molar-refractivity contribution in [3.63, 3.8) is 0 Å². The van der Waals surface area contributed by atoms with Gasteiger partial charge in [0, 0.05) is 6.54 Å². The van der Waals surface area contributed by atoms with Crippen molar-refractivity contribution in [3.8, 4) is 0 Å². The zero-order valence-corrected chi connectivity index (χ0v) is 10.4. The average Bonchev–Trinajstić information content (AvgIpc) is 1.59. The molecule has 0 radical (unpaired) electrons. The Morgan fingerprint density at radius 3 is 2.36 bits per heavy atom. The molecule has 8 heteroatoms. The first-order valence-electron chi connectivity index (χ1n) is 2.32. The molecule has 0 aliphatic carbocycles. The molecule has 0 unspecified atom stereocenters. The Balaban J connectivity index is 0. The van der Waals surface area contributed by atoms with Gasteiger partial charge in [0.05, 0.1) is 15.9 Å². The molecule has 0 aromatic heterocycles. The fraction of sp³-hybridized carbons (Fsp3) is 0.667. The van der Waals surface area contributed by atoms with E-state index in [2.05, 4.69) is 30.2 Å². The van der Waals surface area contributed by atoms with E-state index in [9.17, 15) is 13.0 Å². The summed E-state index contributed by atoms with van der Waals surface area (Å²) in [4.78, 5) is 0. The molecule has 0 fully saturated rings. The first-order valence-corrected chi connectivity index (χ1v) is 4.75. The molecule has 0 aliphatic heterocycles. The minimum absolute atomic E-state index is 0. The Morgan fingerprint density at radius 2 is 2.09 bits per heavy atom. The maximum absolute atomic E-state index is 9.95.